The minimum absolute atomic E-state index is 0.0492. The van der Waals surface area contributed by atoms with Gasteiger partial charge in [0.1, 0.15) is 0 Å². The van der Waals surface area contributed by atoms with Crippen molar-refractivity contribution in [1.29, 1.82) is 0 Å². The Morgan fingerprint density at radius 2 is 2.05 bits per heavy atom. The molecule has 0 spiro atoms. The number of aromatic nitrogens is 2. The number of rotatable bonds is 6. The average molecular weight is 267 g/mol. The molecule has 1 rings (SSSR count). The Morgan fingerprint density at radius 3 is 2.58 bits per heavy atom. The maximum absolute atomic E-state index is 9.95. The first-order chi connectivity index (χ1) is 8.75. The van der Waals surface area contributed by atoms with Crippen LogP contribution in [-0.2, 0) is 19.0 Å². The SMILES string of the molecule is CCC(C)C(O)CNCc1cn(C)nc1C(C)(C)C. The summed E-state index contributed by atoms with van der Waals surface area (Å²) >= 11 is 0. The van der Waals surface area contributed by atoms with Gasteiger partial charge in [0.05, 0.1) is 11.8 Å². The summed E-state index contributed by atoms with van der Waals surface area (Å²) in [4.78, 5) is 0. The molecule has 0 radical (unpaired) electrons. The molecule has 0 aliphatic carbocycles. The summed E-state index contributed by atoms with van der Waals surface area (Å²) in [6, 6.07) is 0. The summed E-state index contributed by atoms with van der Waals surface area (Å²) in [5, 5.41) is 17.8. The maximum Gasteiger partial charge on any atom is 0.0722 e. The Morgan fingerprint density at radius 1 is 1.42 bits per heavy atom. The van der Waals surface area contributed by atoms with Gasteiger partial charge in [-0.2, -0.15) is 5.10 Å². The molecule has 1 aromatic rings. The van der Waals surface area contributed by atoms with Crippen LogP contribution in [0.3, 0.4) is 0 Å². The first-order valence-electron chi connectivity index (χ1n) is 7.17. The third-order valence-electron chi connectivity index (χ3n) is 3.58. The fourth-order valence-corrected chi connectivity index (χ4v) is 2.13. The summed E-state index contributed by atoms with van der Waals surface area (Å²) in [5.74, 6) is 0.337. The monoisotopic (exact) mass is 267 g/mol. The van der Waals surface area contributed by atoms with E-state index in [4.69, 9.17) is 0 Å². The number of nitrogens with one attached hydrogen (secondary N) is 1. The first kappa shape index (κ1) is 16.2. The molecule has 1 aromatic heterocycles. The number of aryl methyl sites for hydroxylation is 1. The van der Waals surface area contributed by atoms with Gasteiger partial charge in [-0.05, 0) is 5.92 Å². The van der Waals surface area contributed by atoms with Crippen LogP contribution >= 0.6 is 0 Å². The van der Waals surface area contributed by atoms with E-state index in [1.165, 1.54) is 5.56 Å². The molecule has 2 unspecified atom stereocenters. The fourth-order valence-electron chi connectivity index (χ4n) is 2.13. The van der Waals surface area contributed by atoms with Crippen LogP contribution in [0.1, 0.15) is 52.3 Å². The van der Waals surface area contributed by atoms with Gasteiger partial charge in [-0.25, -0.2) is 0 Å². The van der Waals surface area contributed by atoms with Crippen molar-refractivity contribution in [3.8, 4) is 0 Å². The lowest BCUT2D eigenvalue weighted by Gasteiger charge is -2.19. The van der Waals surface area contributed by atoms with Crippen LogP contribution in [-0.4, -0.2) is 27.5 Å². The summed E-state index contributed by atoms with van der Waals surface area (Å²) in [7, 11) is 1.95. The molecule has 4 nitrogen and oxygen atoms in total. The quantitative estimate of drug-likeness (QED) is 0.831. The van der Waals surface area contributed by atoms with E-state index in [0.717, 1.165) is 18.7 Å². The van der Waals surface area contributed by atoms with Crippen LogP contribution in [0.5, 0.6) is 0 Å². The van der Waals surface area contributed by atoms with Gasteiger partial charge in [-0.3, -0.25) is 4.68 Å². The summed E-state index contributed by atoms with van der Waals surface area (Å²) in [6.07, 6.45) is 2.78. The molecule has 0 saturated heterocycles. The average Bonchev–Trinajstić information content (AvgIpc) is 2.69. The summed E-state index contributed by atoms with van der Waals surface area (Å²) in [6.45, 7) is 12.1. The number of nitrogens with zero attached hydrogens (tertiary/aromatic N) is 2. The molecule has 0 fully saturated rings. The third kappa shape index (κ3) is 4.62. The van der Waals surface area contributed by atoms with Crippen LogP contribution in [0.2, 0.25) is 0 Å². The van der Waals surface area contributed by atoms with Gasteiger partial charge in [0.15, 0.2) is 0 Å². The van der Waals surface area contributed by atoms with Crippen molar-refractivity contribution in [2.24, 2.45) is 13.0 Å². The van der Waals surface area contributed by atoms with Gasteiger partial charge in [-0.1, -0.05) is 41.0 Å². The van der Waals surface area contributed by atoms with Crippen LogP contribution in [0.15, 0.2) is 6.20 Å². The molecule has 0 aromatic carbocycles. The summed E-state index contributed by atoms with van der Waals surface area (Å²) < 4.78 is 1.86. The summed E-state index contributed by atoms with van der Waals surface area (Å²) in [5.41, 5.74) is 2.39. The van der Waals surface area contributed by atoms with Gasteiger partial charge >= 0.3 is 0 Å². The van der Waals surface area contributed by atoms with Crippen molar-refractivity contribution >= 4 is 0 Å². The highest BCUT2D eigenvalue weighted by molar-refractivity contribution is 5.23. The fraction of sp³-hybridized carbons (Fsp3) is 0.800. The van der Waals surface area contributed by atoms with Crippen molar-refractivity contribution in [3.63, 3.8) is 0 Å². The number of hydrogen-bond donors (Lipinski definition) is 2. The van der Waals surface area contributed by atoms with Gasteiger partial charge in [0.2, 0.25) is 0 Å². The molecule has 2 N–H and O–H groups in total. The smallest absolute Gasteiger partial charge is 0.0722 e. The van der Waals surface area contributed by atoms with Crippen molar-refractivity contribution in [2.45, 2.75) is 59.1 Å². The topological polar surface area (TPSA) is 50.1 Å². The number of aliphatic hydroxyl groups is 1. The van der Waals surface area contributed by atoms with Crippen molar-refractivity contribution in [1.82, 2.24) is 15.1 Å². The van der Waals surface area contributed by atoms with Crippen LogP contribution in [0, 0.1) is 5.92 Å². The minimum Gasteiger partial charge on any atom is -0.392 e. The maximum atomic E-state index is 9.95. The molecule has 1 heterocycles. The molecule has 2 atom stereocenters. The van der Waals surface area contributed by atoms with E-state index in [-0.39, 0.29) is 11.5 Å². The van der Waals surface area contributed by atoms with Crippen molar-refractivity contribution < 1.29 is 5.11 Å². The molecule has 0 aliphatic rings. The van der Waals surface area contributed by atoms with E-state index in [1.807, 2.05) is 11.7 Å². The highest BCUT2D eigenvalue weighted by Crippen LogP contribution is 2.23. The Kier molecular flexibility index (Phi) is 5.56. The van der Waals surface area contributed by atoms with Gasteiger partial charge in [0, 0.05) is 37.3 Å². The first-order valence-corrected chi connectivity index (χ1v) is 7.17. The Labute approximate surface area is 117 Å². The zero-order valence-corrected chi connectivity index (χ0v) is 13.2. The van der Waals surface area contributed by atoms with Crippen LogP contribution < -0.4 is 5.32 Å². The highest BCUT2D eigenvalue weighted by Gasteiger charge is 2.21. The van der Waals surface area contributed by atoms with Gasteiger partial charge in [-0.15, -0.1) is 0 Å². The zero-order chi connectivity index (χ0) is 14.6. The largest absolute Gasteiger partial charge is 0.392 e. The van der Waals surface area contributed by atoms with Gasteiger partial charge < -0.3 is 10.4 Å². The van der Waals surface area contributed by atoms with E-state index >= 15 is 0 Å². The van der Waals surface area contributed by atoms with E-state index in [9.17, 15) is 5.11 Å². The zero-order valence-electron chi connectivity index (χ0n) is 13.2. The lowest BCUT2D eigenvalue weighted by molar-refractivity contribution is 0.112. The molecular formula is C15H29N3O. The molecular weight excluding hydrogens is 238 g/mol. The number of hydrogen-bond acceptors (Lipinski definition) is 3. The predicted octanol–water partition coefficient (Wildman–Crippen LogP) is 2.21. The Hall–Kier alpha value is -0.870. The van der Waals surface area contributed by atoms with Gasteiger partial charge in [0.25, 0.3) is 0 Å². The molecule has 0 amide bonds. The molecule has 0 saturated carbocycles. The second-order valence-electron chi connectivity index (χ2n) is 6.51. The highest BCUT2D eigenvalue weighted by atomic mass is 16.3. The molecule has 110 valence electrons. The van der Waals surface area contributed by atoms with E-state index < -0.39 is 0 Å². The van der Waals surface area contributed by atoms with Crippen molar-refractivity contribution in [2.75, 3.05) is 6.54 Å². The third-order valence-corrected chi connectivity index (χ3v) is 3.58. The van der Waals surface area contributed by atoms with Crippen molar-refractivity contribution in [3.05, 3.63) is 17.5 Å². The standard InChI is InChI=1S/C15H29N3O/c1-7-11(2)13(19)9-16-8-12-10-18(6)17-14(12)15(3,4)5/h10-11,13,16,19H,7-9H2,1-6H3. The normalized spacial score (nSPS) is 15.5. The van der Waals surface area contributed by atoms with Crippen LogP contribution in [0.25, 0.3) is 0 Å². The van der Waals surface area contributed by atoms with E-state index in [1.54, 1.807) is 0 Å². The Bertz CT molecular complexity index is 393. The van der Waals surface area contributed by atoms with E-state index in [2.05, 4.69) is 51.2 Å². The number of aliphatic hydroxyl groups excluding tert-OH is 1. The predicted molar refractivity (Wildman–Crippen MR) is 79.1 cm³/mol. The minimum atomic E-state index is -0.278. The second-order valence-corrected chi connectivity index (χ2v) is 6.51. The van der Waals surface area contributed by atoms with Crippen LogP contribution in [0.4, 0.5) is 0 Å². The lowest BCUT2D eigenvalue weighted by atomic mass is 9.89. The molecule has 0 bridgehead atoms. The molecule has 0 aliphatic heterocycles. The molecule has 19 heavy (non-hydrogen) atoms. The Balaban J connectivity index is 2.59. The second kappa shape index (κ2) is 6.53. The molecule has 4 heteroatoms. The lowest BCUT2D eigenvalue weighted by Crippen LogP contribution is -2.31. The van der Waals surface area contributed by atoms with E-state index in [0.29, 0.717) is 12.5 Å².